The van der Waals surface area contributed by atoms with Crippen LogP contribution in [0.3, 0.4) is 0 Å². The minimum Gasteiger partial charge on any atom is -0.756 e. The van der Waals surface area contributed by atoms with Crippen molar-refractivity contribution in [1.82, 2.24) is 5.32 Å². The highest BCUT2D eigenvalue weighted by atomic mass is 31.2. The predicted molar refractivity (Wildman–Crippen MR) is 302 cm³/mol. The van der Waals surface area contributed by atoms with Crippen molar-refractivity contribution in [2.24, 2.45) is 0 Å². The molecule has 0 aromatic heterocycles. The Bertz CT molecular complexity index is 1230. The van der Waals surface area contributed by atoms with Crippen molar-refractivity contribution in [3.8, 4) is 0 Å². The number of phosphoric acid groups is 1. The standard InChI is InChI=1S/C61H119N2O6P/c1-6-8-10-12-14-16-18-20-22-23-24-25-26-27-28-29-30-31-32-33-34-35-36-37-38-39-41-42-44-46-48-50-52-54-60(64)59(58-69-70(66,67)68-57-56-63(3,4)5)62-61(65)55-53-51-49-47-45-43-40-21-19-17-15-13-11-9-7-2/h9,11,15,17,21,40,59-60,64H,6-8,10,12-14,16,18-20,22-39,41-58H2,1-5H3,(H-,62,65,66,67)/b11-9-,17-15-,40-21-. The first kappa shape index (κ1) is 68.7. The number of hydrogen-bond donors (Lipinski definition) is 2. The Morgan fingerprint density at radius 2 is 0.871 bits per heavy atom. The molecule has 0 aromatic carbocycles. The van der Waals surface area contributed by atoms with Gasteiger partial charge in [-0.25, -0.2) is 0 Å². The topological polar surface area (TPSA) is 108 Å². The molecule has 0 aromatic rings. The van der Waals surface area contributed by atoms with E-state index in [-0.39, 0.29) is 19.1 Å². The number of phosphoric ester groups is 1. The smallest absolute Gasteiger partial charge is 0.268 e. The Hall–Kier alpha value is -1.28. The average Bonchev–Trinajstić information content (AvgIpc) is 3.32. The molecule has 0 spiro atoms. The van der Waals surface area contributed by atoms with Crippen molar-refractivity contribution in [2.75, 3.05) is 40.9 Å². The van der Waals surface area contributed by atoms with Gasteiger partial charge in [-0.05, 0) is 44.9 Å². The van der Waals surface area contributed by atoms with Gasteiger partial charge in [-0.1, -0.05) is 281 Å². The Morgan fingerprint density at radius 1 is 0.514 bits per heavy atom. The SMILES string of the molecule is CC/C=C\C/C=C\C/C=C\CCCCCCCC(=O)NC(COP(=O)([O-])OCC[N+](C)(C)C)C(O)CCCCCCCCCCCCCCCCCCCCCCCCCCCCCCCCCCC. The van der Waals surface area contributed by atoms with Gasteiger partial charge in [0, 0.05) is 6.42 Å². The van der Waals surface area contributed by atoms with E-state index >= 15 is 0 Å². The number of amides is 1. The average molecular weight is 1010 g/mol. The molecule has 3 atom stereocenters. The summed E-state index contributed by atoms with van der Waals surface area (Å²) in [4.78, 5) is 25.5. The molecular formula is C61H119N2O6P. The summed E-state index contributed by atoms with van der Waals surface area (Å²) in [5, 5.41) is 14.0. The monoisotopic (exact) mass is 1010 g/mol. The first-order valence-corrected chi connectivity index (χ1v) is 31.8. The number of rotatable bonds is 56. The van der Waals surface area contributed by atoms with Gasteiger partial charge in [-0.3, -0.25) is 9.36 Å². The van der Waals surface area contributed by atoms with Gasteiger partial charge in [0.2, 0.25) is 5.91 Å². The third-order valence-corrected chi connectivity index (χ3v) is 14.9. The van der Waals surface area contributed by atoms with Crippen LogP contribution in [-0.4, -0.2) is 68.5 Å². The Labute approximate surface area is 436 Å². The summed E-state index contributed by atoms with van der Waals surface area (Å²) in [7, 11) is 1.30. The molecule has 0 aliphatic rings. The summed E-state index contributed by atoms with van der Waals surface area (Å²) < 4.78 is 23.4. The van der Waals surface area contributed by atoms with Crippen molar-refractivity contribution in [3.63, 3.8) is 0 Å². The fourth-order valence-electron chi connectivity index (χ4n) is 9.18. The summed E-state index contributed by atoms with van der Waals surface area (Å²) in [6, 6.07) is -0.811. The number of unbranched alkanes of at least 4 members (excludes halogenated alkanes) is 37. The number of allylic oxidation sites excluding steroid dienone is 6. The highest BCUT2D eigenvalue weighted by Crippen LogP contribution is 2.38. The van der Waals surface area contributed by atoms with E-state index < -0.39 is 20.0 Å². The second-order valence-electron chi connectivity index (χ2n) is 22.0. The Morgan fingerprint density at radius 3 is 1.27 bits per heavy atom. The van der Waals surface area contributed by atoms with Gasteiger partial charge >= 0.3 is 0 Å². The number of likely N-dealkylation sites (N-methyl/N-ethyl adjacent to an activating group) is 1. The van der Waals surface area contributed by atoms with Crippen molar-refractivity contribution < 1.29 is 32.9 Å². The number of quaternary nitrogens is 1. The zero-order valence-electron chi connectivity index (χ0n) is 47.2. The molecule has 0 saturated carbocycles. The molecule has 3 unspecified atom stereocenters. The van der Waals surface area contributed by atoms with E-state index in [1.54, 1.807) is 0 Å². The van der Waals surface area contributed by atoms with Crippen molar-refractivity contribution in [1.29, 1.82) is 0 Å². The number of carbonyl (C=O) groups excluding carboxylic acids is 1. The van der Waals surface area contributed by atoms with Crippen molar-refractivity contribution >= 4 is 13.7 Å². The van der Waals surface area contributed by atoms with E-state index in [1.165, 1.54) is 193 Å². The zero-order valence-corrected chi connectivity index (χ0v) is 48.1. The molecule has 0 rings (SSSR count). The van der Waals surface area contributed by atoms with Crippen LogP contribution >= 0.6 is 7.82 Å². The van der Waals surface area contributed by atoms with Gasteiger partial charge in [0.25, 0.3) is 7.82 Å². The summed E-state index contributed by atoms with van der Waals surface area (Å²) >= 11 is 0. The highest BCUT2D eigenvalue weighted by molar-refractivity contribution is 7.45. The maximum Gasteiger partial charge on any atom is 0.268 e. The number of hydrogen-bond acceptors (Lipinski definition) is 6. The summed E-state index contributed by atoms with van der Waals surface area (Å²) in [6.07, 6.45) is 67.8. The van der Waals surface area contributed by atoms with E-state index in [1.807, 2.05) is 21.1 Å². The second-order valence-corrected chi connectivity index (χ2v) is 23.4. The van der Waals surface area contributed by atoms with Crippen LogP contribution in [-0.2, 0) is 18.4 Å². The molecule has 1 amide bonds. The minimum atomic E-state index is -4.58. The third-order valence-electron chi connectivity index (χ3n) is 13.9. The van der Waals surface area contributed by atoms with Crippen molar-refractivity contribution in [2.45, 2.75) is 309 Å². The lowest BCUT2D eigenvalue weighted by Crippen LogP contribution is -2.46. The fraction of sp³-hybridized carbons (Fsp3) is 0.885. The van der Waals surface area contributed by atoms with Crippen LogP contribution in [0.5, 0.6) is 0 Å². The summed E-state index contributed by atoms with van der Waals surface area (Å²) in [5.41, 5.74) is 0. The van der Waals surface area contributed by atoms with Crippen LogP contribution in [0.15, 0.2) is 36.5 Å². The molecule has 0 fully saturated rings. The highest BCUT2D eigenvalue weighted by Gasteiger charge is 2.24. The van der Waals surface area contributed by atoms with Crippen LogP contribution in [0.1, 0.15) is 296 Å². The molecule has 8 nitrogen and oxygen atoms in total. The van der Waals surface area contributed by atoms with Gasteiger partial charge < -0.3 is 28.8 Å². The third kappa shape index (κ3) is 54.5. The maximum atomic E-state index is 12.9. The Balaban J connectivity index is 3.99. The van der Waals surface area contributed by atoms with Gasteiger partial charge in [0.15, 0.2) is 0 Å². The van der Waals surface area contributed by atoms with E-state index in [0.29, 0.717) is 23.9 Å². The molecule has 0 radical (unpaired) electrons. The number of aliphatic hydroxyl groups is 1. The fourth-order valence-corrected chi connectivity index (χ4v) is 9.90. The molecule has 0 aliphatic heterocycles. The van der Waals surface area contributed by atoms with Gasteiger partial charge in [-0.2, -0.15) is 0 Å². The number of carbonyl (C=O) groups is 1. The van der Waals surface area contributed by atoms with Crippen molar-refractivity contribution in [3.05, 3.63) is 36.5 Å². The van der Waals surface area contributed by atoms with E-state index in [2.05, 4.69) is 55.6 Å². The van der Waals surface area contributed by atoms with Crippen LogP contribution in [0, 0.1) is 0 Å². The molecule has 0 heterocycles. The van der Waals surface area contributed by atoms with Crippen LogP contribution in [0.4, 0.5) is 0 Å². The van der Waals surface area contributed by atoms with Gasteiger partial charge in [-0.15, -0.1) is 0 Å². The molecule has 70 heavy (non-hydrogen) atoms. The molecule has 0 saturated heterocycles. The minimum absolute atomic E-state index is 0.00834. The predicted octanol–water partition coefficient (Wildman–Crippen LogP) is 17.9. The lowest BCUT2D eigenvalue weighted by atomic mass is 10.0. The molecular weight excluding hydrogens is 888 g/mol. The Kier molecular flexibility index (Phi) is 51.6. The lowest BCUT2D eigenvalue weighted by molar-refractivity contribution is -0.870. The van der Waals surface area contributed by atoms with Crippen LogP contribution in [0.2, 0.25) is 0 Å². The van der Waals surface area contributed by atoms with Gasteiger partial charge in [0.1, 0.15) is 13.2 Å². The lowest BCUT2D eigenvalue weighted by Gasteiger charge is -2.30. The summed E-state index contributed by atoms with van der Waals surface area (Å²) in [5.74, 6) is -0.179. The first-order valence-electron chi connectivity index (χ1n) is 30.3. The van der Waals surface area contributed by atoms with Crippen LogP contribution < -0.4 is 10.2 Å². The van der Waals surface area contributed by atoms with Gasteiger partial charge in [0.05, 0.1) is 39.9 Å². The van der Waals surface area contributed by atoms with E-state index in [9.17, 15) is 19.4 Å². The molecule has 414 valence electrons. The van der Waals surface area contributed by atoms with E-state index in [4.69, 9.17) is 9.05 Å². The zero-order chi connectivity index (χ0) is 51.3. The normalized spacial score (nSPS) is 14.1. The number of aliphatic hydroxyl groups excluding tert-OH is 1. The number of nitrogens with zero attached hydrogens (tertiary/aromatic N) is 1. The second kappa shape index (κ2) is 52.6. The molecule has 0 aliphatic carbocycles. The molecule has 9 heteroatoms. The van der Waals surface area contributed by atoms with Crippen LogP contribution in [0.25, 0.3) is 0 Å². The quantitative estimate of drug-likeness (QED) is 0.0272. The molecule has 2 N–H and O–H groups in total. The maximum absolute atomic E-state index is 12.9. The summed E-state index contributed by atoms with van der Waals surface area (Å²) in [6.45, 7) is 4.62. The largest absolute Gasteiger partial charge is 0.756 e. The number of nitrogens with one attached hydrogen (secondary N) is 1. The molecule has 0 bridgehead atoms. The van der Waals surface area contributed by atoms with E-state index in [0.717, 1.165) is 77.0 Å². The first-order chi connectivity index (χ1) is 34.0.